The number of pyridine rings is 1. The molecule has 2 rings (SSSR count). The van der Waals surface area contributed by atoms with E-state index in [9.17, 15) is 4.39 Å². The number of rotatable bonds is 2. The summed E-state index contributed by atoms with van der Waals surface area (Å²) in [4.78, 5) is 8.37. The number of halogens is 1. The Labute approximate surface area is 107 Å². The Kier molecular flexibility index (Phi) is 3.82. The van der Waals surface area contributed by atoms with Gasteiger partial charge in [-0.3, -0.25) is 4.90 Å². The van der Waals surface area contributed by atoms with Gasteiger partial charge in [-0.25, -0.2) is 9.37 Å². The molecule has 1 N–H and O–H groups in total. The highest BCUT2D eigenvalue weighted by atomic mass is 19.1. The SMILES string of the molecule is CC1CN(c2nccc(CO)c2F)CC(C)N1C. The minimum atomic E-state index is -0.399. The van der Waals surface area contributed by atoms with Crippen molar-refractivity contribution in [3.8, 4) is 0 Å². The normalized spacial score (nSPS) is 25.5. The van der Waals surface area contributed by atoms with Gasteiger partial charge in [0.2, 0.25) is 0 Å². The van der Waals surface area contributed by atoms with Crippen molar-refractivity contribution in [2.45, 2.75) is 32.5 Å². The van der Waals surface area contributed by atoms with Crippen molar-refractivity contribution in [1.29, 1.82) is 0 Å². The molecule has 1 saturated heterocycles. The van der Waals surface area contributed by atoms with E-state index in [0.29, 0.717) is 23.5 Å². The van der Waals surface area contributed by atoms with Crippen LogP contribution >= 0.6 is 0 Å². The van der Waals surface area contributed by atoms with Gasteiger partial charge in [0.05, 0.1) is 6.61 Å². The maximum absolute atomic E-state index is 14.1. The molecule has 2 atom stereocenters. The molecule has 1 aliphatic rings. The van der Waals surface area contributed by atoms with Gasteiger partial charge in [0.25, 0.3) is 0 Å². The third-order valence-corrected chi connectivity index (χ3v) is 3.78. The van der Waals surface area contributed by atoms with Gasteiger partial charge >= 0.3 is 0 Å². The van der Waals surface area contributed by atoms with Crippen molar-refractivity contribution in [3.05, 3.63) is 23.6 Å². The predicted molar refractivity (Wildman–Crippen MR) is 69.0 cm³/mol. The largest absolute Gasteiger partial charge is 0.392 e. The molecule has 0 aromatic carbocycles. The number of likely N-dealkylation sites (N-methyl/N-ethyl adjacent to an activating group) is 1. The molecule has 1 fully saturated rings. The summed E-state index contributed by atoms with van der Waals surface area (Å²) in [5.74, 6) is -0.0442. The number of hydrogen-bond acceptors (Lipinski definition) is 4. The summed E-state index contributed by atoms with van der Waals surface area (Å²) in [6.45, 7) is 5.45. The molecular formula is C13H20FN3O. The zero-order chi connectivity index (χ0) is 13.3. The highest BCUT2D eigenvalue weighted by Gasteiger charge is 2.29. The molecule has 2 heterocycles. The fourth-order valence-corrected chi connectivity index (χ4v) is 2.39. The van der Waals surface area contributed by atoms with Crippen LogP contribution in [-0.4, -0.2) is 47.2 Å². The molecule has 1 aromatic heterocycles. The first-order chi connectivity index (χ1) is 8.54. The van der Waals surface area contributed by atoms with Gasteiger partial charge in [0.15, 0.2) is 11.6 Å². The van der Waals surface area contributed by atoms with Crippen LogP contribution < -0.4 is 4.90 Å². The number of aromatic nitrogens is 1. The van der Waals surface area contributed by atoms with E-state index in [4.69, 9.17) is 5.11 Å². The first-order valence-electron chi connectivity index (χ1n) is 6.25. The molecule has 2 unspecified atom stereocenters. The minimum absolute atomic E-state index is 0.291. The molecule has 0 aliphatic carbocycles. The number of hydrogen-bond donors (Lipinski definition) is 1. The Morgan fingerprint density at radius 1 is 1.39 bits per heavy atom. The summed E-state index contributed by atoms with van der Waals surface area (Å²) in [6, 6.07) is 2.22. The fourth-order valence-electron chi connectivity index (χ4n) is 2.39. The molecule has 100 valence electrons. The monoisotopic (exact) mass is 253 g/mol. The van der Waals surface area contributed by atoms with E-state index >= 15 is 0 Å². The van der Waals surface area contributed by atoms with E-state index in [2.05, 4.69) is 30.8 Å². The van der Waals surface area contributed by atoms with E-state index in [1.807, 2.05) is 4.90 Å². The maximum atomic E-state index is 14.1. The summed E-state index contributed by atoms with van der Waals surface area (Å²) in [5.41, 5.74) is 0.305. The van der Waals surface area contributed by atoms with Crippen LogP contribution in [0.3, 0.4) is 0 Å². The molecule has 0 saturated carbocycles. The van der Waals surface area contributed by atoms with E-state index in [-0.39, 0.29) is 6.61 Å². The Morgan fingerprint density at radius 3 is 2.56 bits per heavy atom. The molecule has 0 bridgehead atoms. The van der Waals surface area contributed by atoms with Crippen molar-refractivity contribution < 1.29 is 9.50 Å². The van der Waals surface area contributed by atoms with Gasteiger partial charge in [-0.1, -0.05) is 0 Å². The average molecular weight is 253 g/mol. The first-order valence-corrected chi connectivity index (χ1v) is 6.25. The predicted octanol–water partition coefficient (Wildman–Crippen LogP) is 1.24. The van der Waals surface area contributed by atoms with Gasteiger partial charge in [0.1, 0.15) is 0 Å². The quantitative estimate of drug-likeness (QED) is 0.861. The van der Waals surface area contributed by atoms with E-state index in [1.54, 1.807) is 6.20 Å². The van der Waals surface area contributed by atoms with Crippen molar-refractivity contribution in [3.63, 3.8) is 0 Å². The number of aliphatic hydroxyl groups is 1. The highest BCUT2D eigenvalue weighted by Crippen LogP contribution is 2.24. The molecule has 5 heteroatoms. The summed E-state index contributed by atoms with van der Waals surface area (Å²) < 4.78 is 14.1. The number of piperazine rings is 1. The van der Waals surface area contributed by atoms with Crippen molar-refractivity contribution in [2.24, 2.45) is 0 Å². The lowest BCUT2D eigenvalue weighted by molar-refractivity contribution is 0.169. The third kappa shape index (κ3) is 2.33. The fraction of sp³-hybridized carbons (Fsp3) is 0.615. The average Bonchev–Trinajstić information content (AvgIpc) is 2.35. The maximum Gasteiger partial charge on any atom is 0.171 e. The van der Waals surface area contributed by atoms with Crippen LogP contribution in [-0.2, 0) is 6.61 Å². The molecule has 0 radical (unpaired) electrons. The lowest BCUT2D eigenvalue weighted by atomic mass is 10.1. The van der Waals surface area contributed by atoms with Crippen molar-refractivity contribution in [1.82, 2.24) is 9.88 Å². The second-order valence-electron chi connectivity index (χ2n) is 5.03. The molecule has 1 aliphatic heterocycles. The summed E-state index contributed by atoms with van der Waals surface area (Å²) in [7, 11) is 2.08. The number of aliphatic hydroxyl groups excluding tert-OH is 1. The topological polar surface area (TPSA) is 39.6 Å². The van der Waals surface area contributed by atoms with Gasteiger partial charge < -0.3 is 10.0 Å². The van der Waals surface area contributed by atoms with Crippen LogP contribution in [0.4, 0.5) is 10.2 Å². The van der Waals surface area contributed by atoms with Crippen LogP contribution in [0.5, 0.6) is 0 Å². The standard InChI is InChI=1S/C13H20FN3O/c1-9-6-17(7-10(2)16(9)3)13-12(14)11(8-18)4-5-15-13/h4-5,9-10,18H,6-8H2,1-3H3. The Hall–Kier alpha value is -1.20. The third-order valence-electron chi connectivity index (χ3n) is 3.78. The van der Waals surface area contributed by atoms with Crippen LogP contribution in [0.2, 0.25) is 0 Å². The van der Waals surface area contributed by atoms with Gasteiger partial charge in [-0.15, -0.1) is 0 Å². The van der Waals surface area contributed by atoms with Gasteiger partial charge in [-0.05, 0) is 27.0 Å². The molecule has 18 heavy (non-hydrogen) atoms. The Morgan fingerprint density at radius 2 is 2.00 bits per heavy atom. The summed E-state index contributed by atoms with van der Waals surface area (Å²) in [6.07, 6.45) is 1.55. The van der Waals surface area contributed by atoms with E-state index in [1.165, 1.54) is 6.07 Å². The molecule has 0 amide bonds. The molecule has 1 aromatic rings. The zero-order valence-corrected chi connectivity index (χ0v) is 11.1. The van der Waals surface area contributed by atoms with Crippen LogP contribution in [0, 0.1) is 5.82 Å². The van der Waals surface area contributed by atoms with E-state index in [0.717, 1.165) is 13.1 Å². The van der Waals surface area contributed by atoms with E-state index < -0.39 is 5.82 Å². The van der Waals surface area contributed by atoms with Crippen molar-refractivity contribution >= 4 is 5.82 Å². The van der Waals surface area contributed by atoms with Crippen LogP contribution in [0.15, 0.2) is 12.3 Å². The lowest BCUT2D eigenvalue weighted by Crippen LogP contribution is -2.55. The molecule has 4 nitrogen and oxygen atoms in total. The molecular weight excluding hydrogens is 233 g/mol. The Bertz CT molecular complexity index is 415. The Balaban J connectivity index is 2.27. The minimum Gasteiger partial charge on any atom is -0.392 e. The smallest absolute Gasteiger partial charge is 0.171 e. The van der Waals surface area contributed by atoms with Gasteiger partial charge in [0, 0.05) is 36.9 Å². The molecule has 0 spiro atoms. The number of nitrogens with zero attached hydrogens (tertiary/aromatic N) is 3. The second kappa shape index (κ2) is 5.20. The summed E-state index contributed by atoms with van der Waals surface area (Å²) in [5, 5.41) is 9.09. The summed E-state index contributed by atoms with van der Waals surface area (Å²) >= 11 is 0. The first kappa shape index (κ1) is 13.2. The highest BCUT2D eigenvalue weighted by molar-refractivity contribution is 5.44. The zero-order valence-electron chi connectivity index (χ0n) is 11.1. The van der Waals surface area contributed by atoms with Crippen LogP contribution in [0.1, 0.15) is 19.4 Å². The van der Waals surface area contributed by atoms with Gasteiger partial charge in [-0.2, -0.15) is 0 Å². The lowest BCUT2D eigenvalue weighted by Gasteiger charge is -2.43. The number of anilines is 1. The van der Waals surface area contributed by atoms with Crippen molar-refractivity contribution in [2.75, 3.05) is 25.0 Å². The second-order valence-corrected chi connectivity index (χ2v) is 5.03. The van der Waals surface area contributed by atoms with Crippen LogP contribution in [0.25, 0.3) is 0 Å².